The van der Waals surface area contributed by atoms with Crippen LogP contribution in [0.3, 0.4) is 0 Å². The summed E-state index contributed by atoms with van der Waals surface area (Å²) in [7, 11) is 0. The average Bonchev–Trinajstić information content (AvgIpc) is 2.84. The molecule has 1 nitrogen and oxygen atoms in total. The molecule has 0 bridgehead atoms. The van der Waals surface area contributed by atoms with E-state index in [9.17, 15) is 4.79 Å². The van der Waals surface area contributed by atoms with E-state index in [4.69, 9.17) is 0 Å². The Morgan fingerprint density at radius 1 is 1.27 bits per heavy atom. The van der Waals surface area contributed by atoms with Crippen LogP contribution in [0.15, 0.2) is 35.9 Å². The van der Waals surface area contributed by atoms with Gasteiger partial charge in [-0.15, -0.1) is 0 Å². The maximum absolute atomic E-state index is 12.6. The van der Waals surface area contributed by atoms with Crippen molar-refractivity contribution >= 4 is 11.9 Å². The van der Waals surface area contributed by atoms with Crippen molar-refractivity contribution in [3.05, 3.63) is 52.6 Å². The zero-order chi connectivity index (χ0) is 16.1. The van der Waals surface area contributed by atoms with E-state index in [2.05, 4.69) is 64.1 Å². The fraction of sp³-hybridized carbons (Fsp3) is 0.476. The molecule has 0 saturated heterocycles. The van der Waals surface area contributed by atoms with E-state index in [-0.39, 0.29) is 0 Å². The molecular weight excluding hydrogens is 268 g/mol. The number of carbonyl (C=O) groups excluding carboxylic acids is 1. The summed E-state index contributed by atoms with van der Waals surface area (Å²) < 4.78 is 0. The molecule has 0 aliphatic heterocycles. The van der Waals surface area contributed by atoms with Gasteiger partial charge in [0.2, 0.25) is 0 Å². The third-order valence-electron chi connectivity index (χ3n) is 4.53. The molecule has 1 aliphatic rings. The van der Waals surface area contributed by atoms with Crippen molar-refractivity contribution in [2.75, 3.05) is 0 Å². The lowest BCUT2D eigenvalue weighted by Gasteiger charge is -2.10. The molecule has 0 fully saturated rings. The minimum Gasteiger partial charge on any atom is -0.294 e. The Labute approximate surface area is 135 Å². The summed E-state index contributed by atoms with van der Waals surface area (Å²) in [6.07, 6.45) is 10.2. The Morgan fingerprint density at radius 2 is 2.05 bits per heavy atom. The number of allylic oxidation sites excluding steroid dienone is 3. The van der Waals surface area contributed by atoms with Gasteiger partial charge in [-0.1, -0.05) is 64.1 Å². The molecule has 2 atom stereocenters. The summed E-state index contributed by atoms with van der Waals surface area (Å²) in [6, 6.07) is 6.48. The zero-order valence-electron chi connectivity index (χ0n) is 14.4. The molecule has 0 spiro atoms. The Kier molecular flexibility index (Phi) is 5.76. The molecule has 1 heteroatoms. The van der Waals surface area contributed by atoms with Crippen LogP contribution >= 0.6 is 0 Å². The minimum atomic E-state index is 0.298. The van der Waals surface area contributed by atoms with Gasteiger partial charge in [-0.2, -0.15) is 0 Å². The second-order valence-corrected chi connectivity index (χ2v) is 6.53. The van der Waals surface area contributed by atoms with Crippen LogP contribution in [0.1, 0.15) is 57.2 Å². The molecule has 22 heavy (non-hydrogen) atoms. The fourth-order valence-corrected chi connectivity index (χ4v) is 3.36. The van der Waals surface area contributed by atoms with E-state index < -0.39 is 0 Å². The molecular formula is C21H28O. The van der Waals surface area contributed by atoms with Gasteiger partial charge in [0.25, 0.3) is 0 Å². The topological polar surface area (TPSA) is 17.1 Å². The summed E-state index contributed by atoms with van der Waals surface area (Å²) in [5.41, 5.74) is 4.78. The van der Waals surface area contributed by atoms with Crippen molar-refractivity contribution in [1.29, 1.82) is 0 Å². The highest BCUT2D eigenvalue weighted by molar-refractivity contribution is 5.97. The van der Waals surface area contributed by atoms with Gasteiger partial charge in [-0.05, 0) is 53.4 Å². The Hall–Kier alpha value is -1.63. The molecule has 0 heterocycles. The maximum atomic E-state index is 12.6. The molecule has 1 aromatic rings. The summed E-state index contributed by atoms with van der Waals surface area (Å²) in [6.45, 7) is 8.68. The number of hydrogen-bond acceptors (Lipinski definition) is 1. The van der Waals surface area contributed by atoms with Gasteiger partial charge in [0.15, 0.2) is 5.78 Å². The van der Waals surface area contributed by atoms with E-state index in [0.29, 0.717) is 24.0 Å². The van der Waals surface area contributed by atoms with Crippen LogP contribution in [-0.4, -0.2) is 5.78 Å². The van der Waals surface area contributed by atoms with E-state index in [1.54, 1.807) is 0 Å². The van der Waals surface area contributed by atoms with Crippen LogP contribution in [-0.2, 0) is 17.6 Å². The van der Waals surface area contributed by atoms with Crippen LogP contribution in [0.4, 0.5) is 0 Å². The van der Waals surface area contributed by atoms with Crippen molar-refractivity contribution < 1.29 is 4.79 Å². The predicted molar refractivity (Wildman–Crippen MR) is 94.9 cm³/mol. The molecule has 0 saturated carbocycles. The number of Topliss-reactive ketones (excluding diaryl/α,β-unsaturated/α-hetero) is 1. The second kappa shape index (κ2) is 7.58. The minimum absolute atomic E-state index is 0.298. The van der Waals surface area contributed by atoms with Crippen LogP contribution in [0, 0.1) is 11.8 Å². The number of carbonyl (C=O) groups is 1. The first-order chi connectivity index (χ1) is 10.5. The van der Waals surface area contributed by atoms with Gasteiger partial charge in [0, 0.05) is 6.42 Å². The highest BCUT2D eigenvalue weighted by atomic mass is 16.1. The summed E-state index contributed by atoms with van der Waals surface area (Å²) in [5, 5.41) is 0. The molecule has 1 aromatic carbocycles. The Morgan fingerprint density at radius 3 is 2.64 bits per heavy atom. The van der Waals surface area contributed by atoms with E-state index in [1.165, 1.54) is 11.1 Å². The highest BCUT2D eigenvalue weighted by Gasteiger charge is 2.24. The van der Waals surface area contributed by atoms with E-state index in [0.717, 1.165) is 30.4 Å². The molecule has 0 radical (unpaired) electrons. The first-order valence-electron chi connectivity index (χ1n) is 8.58. The van der Waals surface area contributed by atoms with Crippen LogP contribution in [0.25, 0.3) is 6.08 Å². The lowest BCUT2D eigenvalue weighted by Crippen LogP contribution is -2.10. The molecule has 2 rings (SSSR count). The van der Waals surface area contributed by atoms with Crippen molar-refractivity contribution in [3.63, 3.8) is 0 Å². The van der Waals surface area contributed by atoms with Gasteiger partial charge in [-0.3, -0.25) is 4.79 Å². The maximum Gasteiger partial charge on any atom is 0.163 e. The number of rotatable bonds is 6. The molecule has 1 aliphatic carbocycles. The van der Waals surface area contributed by atoms with E-state index >= 15 is 0 Å². The number of aryl methyl sites for hydroxylation is 1. The Bertz CT molecular complexity index is 592. The number of benzene rings is 1. The van der Waals surface area contributed by atoms with Crippen LogP contribution in [0.2, 0.25) is 0 Å². The van der Waals surface area contributed by atoms with Gasteiger partial charge >= 0.3 is 0 Å². The smallest absolute Gasteiger partial charge is 0.163 e. The van der Waals surface area contributed by atoms with Crippen molar-refractivity contribution in [1.82, 2.24) is 0 Å². The molecule has 0 amide bonds. The van der Waals surface area contributed by atoms with Gasteiger partial charge < -0.3 is 0 Å². The first-order valence-corrected chi connectivity index (χ1v) is 8.58. The monoisotopic (exact) mass is 296 g/mol. The highest BCUT2D eigenvalue weighted by Crippen LogP contribution is 2.31. The zero-order valence-corrected chi connectivity index (χ0v) is 14.4. The van der Waals surface area contributed by atoms with Crippen LogP contribution < -0.4 is 0 Å². The summed E-state index contributed by atoms with van der Waals surface area (Å²) in [5.74, 6) is 1.25. The number of ketones is 1. The predicted octanol–water partition coefficient (Wildman–Crippen LogP) is 5.39. The van der Waals surface area contributed by atoms with Crippen molar-refractivity contribution in [2.24, 2.45) is 11.8 Å². The Balaban J connectivity index is 2.18. The molecule has 2 unspecified atom stereocenters. The van der Waals surface area contributed by atoms with Crippen molar-refractivity contribution in [3.8, 4) is 0 Å². The molecule has 0 aromatic heterocycles. The third-order valence-corrected chi connectivity index (χ3v) is 4.53. The quantitative estimate of drug-likeness (QED) is 0.688. The standard InChI is InChI=1S/C21H28O/c1-5-7-8-19-13-17(9-10-18(19)6-2)14-21(22)20-12-15(3)11-16(20)4/h7-10,12-13,15-16H,5-6,11,14H2,1-4H3/b8-7-. The van der Waals surface area contributed by atoms with E-state index in [1.807, 2.05) is 0 Å². The average molecular weight is 296 g/mol. The second-order valence-electron chi connectivity index (χ2n) is 6.53. The summed E-state index contributed by atoms with van der Waals surface area (Å²) >= 11 is 0. The lowest BCUT2D eigenvalue weighted by molar-refractivity contribution is -0.115. The van der Waals surface area contributed by atoms with Crippen molar-refractivity contribution in [2.45, 2.75) is 53.4 Å². The fourth-order valence-electron chi connectivity index (χ4n) is 3.36. The summed E-state index contributed by atoms with van der Waals surface area (Å²) in [4.78, 5) is 12.6. The number of hydrogen-bond donors (Lipinski definition) is 0. The SMILES string of the molecule is CC/C=C\c1cc(CC(=O)C2=CC(C)CC2C)ccc1CC. The lowest BCUT2D eigenvalue weighted by atomic mass is 9.93. The third kappa shape index (κ3) is 3.97. The normalized spacial score (nSPS) is 21.4. The van der Waals surface area contributed by atoms with Gasteiger partial charge in [0.1, 0.15) is 0 Å². The van der Waals surface area contributed by atoms with Gasteiger partial charge in [-0.25, -0.2) is 0 Å². The largest absolute Gasteiger partial charge is 0.294 e. The first kappa shape index (κ1) is 16.7. The van der Waals surface area contributed by atoms with Gasteiger partial charge in [0.05, 0.1) is 0 Å². The molecule has 0 N–H and O–H groups in total. The van der Waals surface area contributed by atoms with Crippen LogP contribution in [0.5, 0.6) is 0 Å². The molecule has 118 valence electrons.